The van der Waals surface area contributed by atoms with Crippen LogP contribution >= 0.6 is 11.3 Å². The van der Waals surface area contributed by atoms with Gasteiger partial charge in [-0.1, -0.05) is 0 Å². The number of methoxy groups -OCH3 is 1. The van der Waals surface area contributed by atoms with Crippen molar-refractivity contribution in [3.05, 3.63) is 21.9 Å². The quantitative estimate of drug-likeness (QED) is 0.875. The molecule has 112 valence electrons. The third-order valence-corrected chi connectivity index (χ3v) is 4.73. The molecule has 1 N–H and O–H groups in total. The summed E-state index contributed by atoms with van der Waals surface area (Å²) in [7, 11) is 1.63. The summed E-state index contributed by atoms with van der Waals surface area (Å²) in [5.41, 5.74) is 0. The fourth-order valence-electron chi connectivity index (χ4n) is 2.51. The molecule has 4 nitrogen and oxygen atoms in total. The topological polar surface area (TPSA) is 41.6 Å². The van der Waals surface area contributed by atoms with E-state index in [0.29, 0.717) is 19.1 Å². The maximum Gasteiger partial charge on any atom is 0.224 e. The molecule has 0 aromatic carbocycles. The van der Waals surface area contributed by atoms with Crippen LogP contribution in [0, 0.1) is 6.92 Å². The van der Waals surface area contributed by atoms with Crippen LogP contribution in [0.3, 0.4) is 0 Å². The molecule has 1 aromatic heterocycles. The van der Waals surface area contributed by atoms with Crippen molar-refractivity contribution >= 4 is 17.2 Å². The minimum Gasteiger partial charge on any atom is -0.384 e. The average Bonchev–Trinajstić information content (AvgIpc) is 2.89. The van der Waals surface area contributed by atoms with Gasteiger partial charge in [-0.2, -0.15) is 0 Å². The lowest BCUT2D eigenvalue weighted by Crippen LogP contribution is -2.44. The van der Waals surface area contributed by atoms with E-state index in [-0.39, 0.29) is 5.91 Å². The Bertz CT molecular complexity index is 425. The number of rotatable bonds is 6. The number of amides is 1. The summed E-state index contributed by atoms with van der Waals surface area (Å²) in [6, 6.07) is 4.89. The van der Waals surface area contributed by atoms with E-state index >= 15 is 0 Å². The van der Waals surface area contributed by atoms with Crippen molar-refractivity contribution in [2.24, 2.45) is 0 Å². The van der Waals surface area contributed by atoms with Gasteiger partial charge in [-0.25, -0.2) is 0 Å². The summed E-state index contributed by atoms with van der Waals surface area (Å²) >= 11 is 1.85. The molecule has 5 heteroatoms. The predicted octanol–water partition coefficient (Wildman–Crippen LogP) is 2.17. The Balaban J connectivity index is 1.67. The van der Waals surface area contributed by atoms with Crippen LogP contribution in [0.2, 0.25) is 0 Å². The number of hydrogen-bond acceptors (Lipinski definition) is 4. The number of nitrogens with one attached hydrogen (secondary N) is 1. The first-order valence-corrected chi connectivity index (χ1v) is 8.06. The van der Waals surface area contributed by atoms with Gasteiger partial charge in [0.2, 0.25) is 5.91 Å². The molecule has 1 aromatic rings. The van der Waals surface area contributed by atoms with E-state index in [1.165, 1.54) is 9.75 Å². The molecule has 2 heterocycles. The minimum absolute atomic E-state index is 0.221. The van der Waals surface area contributed by atoms with Gasteiger partial charge in [0.25, 0.3) is 0 Å². The summed E-state index contributed by atoms with van der Waals surface area (Å²) in [4.78, 5) is 16.6. The molecule has 1 aliphatic heterocycles. The Hall–Kier alpha value is -0.910. The van der Waals surface area contributed by atoms with Gasteiger partial charge >= 0.3 is 0 Å². The van der Waals surface area contributed by atoms with Crippen LogP contribution < -0.4 is 5.32 Å². The van der Waals surface area contributed by atoms with Crippen molar-refractivity contribution in [2.45, 2.75) is 38.8 Å². The lowest BCUT2D eigenvalue weighted by molar-refractivity contribution is -0.133. The molecule has 20 heavy (non-hydrogen) atoms. The third kappa shape index (κ3) is 4.58. The van der Waals surface area contributed by atoms with Crippen LogP contribution in [0.5, 0.6) is 0 Å². The van der Waals surface area contributed by atoms with Crippen molar-refractivity contribution in [2.75, 3.05) is 26.8 Å². The van der Waals surface area contributed by atoms with Crippen molar-refractivity contribution in [1.29, 1.82) is 0 Å². The fraction of sp³-hybridized carbons (Fsp3) is 0.667. The van der Waals surface area contributed by atoms with Gasteiger partial charge in [0.05, 0.1) is 13.0 Å². The van der Waals surface area contributed by atoms with Gasteiger partial charge in [0.15, 0.2) is 0 Å². The highest BCUT2D eigenvalue weighted by Crippen LogP contribution is 2.16. The minimum atomic E-state index is 0.221. The highest BCUT2D eigenvalue weighted by Gasteiger charge is 2.22. The van der Waals surface area contributed by atoms with Gasteiger partial charge < -0.3 is 15.0 Å². The number of piperidine rings is 1. The normalized spacial score (nSPS) is 16.6. The fourth-order valence-corrected chi connectivity index (χ4v) is 3.35. The van der Waals surface area contributed by atoms with Crippen LogP contribution in [0.15, 0.2) is 12.1 Å². The monoisotopic (exact) mass is 296 g/mol. The second-order valence-electron chi connectivity index (χ2n) is 5.29. The summed E-state index contributed by atoms with van der Waals surface area (Å²) in [6.45, 7) is 5.33. The van der Waals surface area contributed by atoms with Gasteiger partial charge in [0, 0.05) is 42.5 Å². The Morgan fingerprint density at radius 3 is 2.80 bits per heavy atom. The largest absolute Gasteiger partial charge is 0.384 e. The predicted molar refractivity (Wildman–Crippen MR) is 82.0 cm³/mol. The molecule has 1 aliphatic rings. The molecular weight excluding hydrogens is 272 g/mol. The number of nitrogens with zero attached hydrogens (tertiary/aromatic N) is 1. The van der Waals surface area contributed by atoms with E-state index in [2.05, 4.69) is 24.4 Å². The standard InChI is InChI=1S/C15H24N2O2S/c1-12-3-4-14(20-12)11-16-13-5-8-17(9-6-13)15(18)7-10-19-2/h3-4,13,16H,5-11H2,1-2H3. The van der Waals surface area contributed by atoms with Crippen molar-refractivity contribution in [1.82, 2.24) is 10.2 Å². The van der Waals surface area contributed by atoms with E-state index in [1.807, 2.05) is 16.2 Å². The zero-order chi connectivity index (χ0) is 14.4. The Morgan fingerprint density at radius 2 is 2.20 bits per heavy atom. The first-order valence-electron chi connectivity index (χ1n) is 7.24. The van der Waals surface area contributed by atoms with Crippen molar-refractivity contribution in [3.63, 3.8) is 0 Å². The van der Waals surface area contributed by atoms with Gasteiger partial charge in [-0.05, 0) is 31.9 Å². The maximum absolute atomic E-state index is 11.9. The van der Waals surface area contributed by atoms with E-state index in [9.17, 15) is 4.79 Å². The SMILES string of the molecule is COCCC(=O)N1CCC(NCc2ccc(C)s2)CC1. The number of carbonyl (C=O) groups is 1. The molecule has 2 rings (SSSR count). The number of ether oxygens (including phenoxy) is 1. The highest BCUT2D eigenvalue weighted by atomic mass is 32.1. The molecule has 0 unspecified atom stereocenters. The zero-order valence-electron chi connectivity index (χ0n) is 12.4. The molecule has 1 fully saturated rings. The smallest absolute Gasteiger partial charge is 0.224 e. The maximum atomic E-state index is 11.9. The van der Waals surface area contributed by atoms with Crippen LogP contribution in [-0.2, 0) is 16.1 Å². The molecule has 0 atom stereocenters. The van der Waals surface area contributed by atoms with E-state index in [0.717, 1.165) is 32.5 Å². The van der Waals surface area contributed by atoms with Crippen molar-refractivity contribution in [3.8, 4) is 0 Å². The molecule has 0 aliphatic carbocycles. The number of hydrogen-bond donors (Lipinski definition) is 1. The van der Waals surface area contributed by atoms with E-state index < -0.39 is 0 Å². The Labute approximate surface area is 125 Å². The molecule has 0 radical (unpaired) electrons. The van der Waals surface area contributed by atoms with Crippen LogP contribution in [-0.4, -0.2) is 43.7 Å². The number of carbonyl (C=O) groups excluding carboxylic acids is 1. The van der Waals surface area contributed by atoms with E-state index in [1.54, 1.807) is 7.11 Å². The second kappa shape index (κ2) is 7.76. The molecule has 1 amide bonds. The molecule has 0 saturated carbocycles. The molecule has 0 spiro atoms. The first kappa shape index (κ1) is 15.5. The number of aryl methyl sites for hydroxylation is 1. The van der Waals surface area contributed by atoms with Gasteiger partial charge in [0.1, 0.15) is 0 Å². The van der Waals surface area contributed by atoms with Crippen LogP contribution in [0.4, 0.5) is 0 Å². The third-order valence-electron chi connectivity index (χ3n) is 3.73. The summed E-state index contributed by atoms with van der Waals surface area (Å²) < 4.78 is 4.96. The lowest BCUT2D eigenvalue weighted by Gasteiger charge is -2.32. The summed E-state index contributed by atoms with van der Waals surface area (Å²) in [5.74, 6) is 0.221. The summed E-state index contributed by atoms with van der Waals surface area (Å²) in [6.07, 6.45) is 2.59. The summed E-state index contributed by atoms with van der Waals surface area (Å²) in [5, 5.41) is 3.60. The van der Waals surface area contributed by atoms with E-state index in [4.69, 9.17) is 4.74 Å². The molecular formula is C15H24N2O2S. The zero-order valence-corrected chi connectivity index (χ0v) is 13.2. The molecule has 1 saturated heterocycles. The van der Waals surface area contributed by atoms with Crippen molar-refractivity contribution < 1.29 is 9.53 Å². The lowest BCUT2D eigenvalue weighted by atomic mass is 10.0. The van der Waals surface area contributed by atoms with Crippen LogP contribution in [0.25, 0.3) is 0 Å². The van der Waals surface area contributed by atoms with Gasteiger partial charge in [-0.3, -0.25) is 4.79 Å². The second-order valence-corrected chi connectivity index (χ2v) is 6.66. The first-order chi connectivity index (χ1) is 9.69. The number of thiophene rings is 1. The highest BCUT2D eigenvalue weighted by molar-refractivity contribution is 7.11. The Kier molecular flexibility index (Phi) is 6.01. The van der Waals surface area contributed by atoms with Gasteiger partial charge in [-0.15, -0.1) is 11.3 Å². The Morgan fingerprint density at radius 1 is 1.45 bits per heavy atom. The molecule has 0 bridgehead atoms. The average molecular weight is 296 g/mol. The van der Waals surface area contributed by atoms with Crippen LogP contribution in [0.1, 0.15) is 29.0 Å². The number of likely N-dealkylation sites (tertiary alicyclic amines) is 1.